The average Bonchev–Trinajstić information content (AvgIpc) is 2.66. The van der Waals surface area contributed by atoms with E-state index in [1.54, 1.807) is 0 Å². The molecule has 1 rings (SSSR count). The van der Waals surface area contributed by atoms with E-state index in [9.17, 15) is 4.79 Å². The third-order valence-electron chi connectivity index (χ3n) is 2.90. The lowest BCUT2D eigenvalue weighted by Gasteiger charge is -2.17. The van der Waals surface area contributed by atoms with Gasteiger partial charge in [0.1, 0.15) is 0 Å². The fraction of sp³-hybridized carbons (Fsp3) is 0.692. The normalized spacial score (nSPS) is 11.1. The minimum atomic E-state index is 0.0550. The van der Waals surface area contributed by atoms with E-state index in [-0.39, 0.29) is 5.91 Å². The highest BCUT2D eigenvalue weighted by Crippen LogP contribution is 2.23. The number of carbonyl (C=O) groups excluding carboxylic acids is 1. The van der Waals surface area contributed by atoms with Crippen LogP contribution in [0.2, 0.25) is 0 Å². The lowest BCUT2D eigenvalue weighted by molar-refractivity contribution is -0.121. The van der Waals surface area contributed by atoms with Gasteiger partial charge in [0.15, 0.2) is 0 Å². The van der Waals surface area contributed by atoms with E-state index in [4.69, 9.17) is 0 Å². The van der Waals surface area contributed by atoms with Crippen molar-refractivity contribution in [2.75, 3.05) is 20.1 Å². The lowest BCUT2D eigenvalue weighted by Crippen LogP contribution is -2.35. The Morgan fingerprint density at radius 2 is 2.11 bits per heavy atom. The van der Waals surface area contributed by atoms with Crippen LogP contribution in [0, 0.1) is 0 Å². The van der Waals surface area contributed by atoms with Gasteiger partial charge in [0.05, 0.1) is 22.4 Å². The predicted octanol–water partition coefficient (Wildman–Crippen LogP) is 1.80. The van der Waals surface area contributed by atoms with Crippen LogP contribution >= 0.6 is 15.9 Å². The van der Waals surface area contributed by atoms with Gasteiger partial charge in [-0.3, -0.25) is 14.4 Å². The van der Waals surface area contributed by atoms with Crippen molar-refractivity contribution < 1.29 is 4.79 Å². The summed E-state index contributed by atoms with van der Waals surface area (Å²) in [6.07, 6.45) is 0.903. The molecule has 0 saturated heterocycles. The number of amides is 1. The molecule has 0 spiro atoms. The van der Waals surface area contributed by atoms with Gasteiger partial charge >= 0.3 is 0 Å². The SMILES string of the molecule is CCNC(=O)CN(C)Cc1c(Br)c(CC)nn1CC. The molecule has 0 atom stereocenters. The molecule has 0 fully saturated rings. The van der Waals surface area contributed by atoms with Crippen molar-refractivity contribution in [3.05, 3.63) is 15.9 Å². The Kier molecular flexibility index (Phi) is 6.51. The van der Waals surface area contributed by atoms with Crippen molar-refractivity contribution in [1.29, 1.82) is 0 Å². The number of hydrogen-bond donors (Lipinski definition) is 1. The standard InChI is InChI=1S/C13H23BrN4O/c1-5-10-13(14)11(18(7-3)16-10)8-17(4)9-12(19)15-6-2/h5-9H2,1-4H3,(H,15,19). The van der Waals surface area contributed by atoms with Crippen molar-refractivity contribution >= 4 is 21.8 Å². The Balaban J connectivity index is 2.75. The first-order valence-corrected chi connectivity index (χ1v) is 7.51. The van der Waals surface area contributed by atoms with Gasteiger partial charge in [-0.15, -0.1) is 0 Å². The zero-order chi connectivity index (χ0) is 14.4. The summed E-state index contributed by atoms with van der Waals surface area (Å²) in [6, 6.07) is 0. The highest BCUT2D eigenvalue weighted by molar-refractivity contribution is 9.10. The number of hydrogen-bond acceptors (Lipinski definition) is 3. The van der Waals surface area contributed by atoms with E-state index in [1.807, 2.05) is 23.6 Å². The van der Waals surface area contributed by atoms with Crippen LogP contribution in [0.1, 0.15) is 32.2 Å². The Morgan fingerprint density at radius 3 is 2.63 bits per heavy atom. The van der Waals surface area contributed by atoms with Gasteiger partial charge in [-0.2, -0.15) is 5.10 Å². The largest absolute Gasteiger partial charge is 0.355 e. The van der Waals surface area contributed by atoms with E-state index in [2.05, 4.69) is 40.2 Å². The Hall–Kier alpha value is -0.880. The van der Waals surface area contributed by atoms with Crippen LogP contribution in [0.15, 0.2) is 4.47 Å². The molecule has 5 nitrogen and oxygen atoms in total. The van der Waals surface area contributed by atoms with Crippen LogP contribution in [-0.4, -0.2) is 40.7 Å². The summed E-state index contributed by atoms with van der Waals surface area (Å²) in [4.78, 5) is 13.6. The maximum absolute atomic E-state index is 11.6. The van der Waals surface area contributed by atoms with Gasteiger partial charge in [0.2, 0.25) is 5.91 Å². The van der Waals surface area contributed by atoms with Crippen LogP contribution in [0.25, 0.3) is 0 Å². The van der Waals surface area contributed by atoms with Crippen LogP contribution in [0.3, 0.4) is 0 Å². The molecule has 19 heavy (non-hydrogen) atoms. The molecule has 0 radical (unpaired) electrons. The Morgan fingerprint density at radius 1 is 1.42 bits per heavy atom. The molecule has 0 unspecified atom stereocenters. The molecule has 0 aliphatic heterocycles. The summed E-state index contributed by atoms with van der Waals surface area (Å²) in [6.45, 7) is 8.71. The van der Waals surface area contributed by atoms with Gasteiger partial charge in [-0.05, 0) is 43.2 Å². The molecular formula is C13H23BrN4O. The van der Waals surface area contributed by atoms with Crippen molar-refractivity contribution in [3.8, 4) is 0 Å². The monoisotopic (exact) mass is 330 g/mol. The third kappa shape index (κ3) is 4.31. The van der Waals surface area contributed by atoms with E-state index >= 15 is 0 Å². The molecule has 6 heteroatoms. The molecule has 1 heterocycles. The first-order valence-electron chi connectivity index (χ1n) is 6.72. The zero-order valence-electron chi connectivity index (χ0n) is 12.2. The molecule has 1 aromatic rings. The second kappa shape index (κ2) is 7.65. The number of carbonyl (C=O) groups is 1. The number of likely N-dealkylation sites (N-methyl/N-ethyl adjacent to an activating group) is 2. The number of halogens is 1. The average molecular weight is 331 g/mol. The van der Waals surface area contributed by atoms with Gasteiger partial charge in [-0.1, -0.05) is 6.92 Å². The van der Waals surface area contributed by atoms with Gasteiger partial charge in [-0.25, -0.2) is 0 Å². The van der Waals surface area contributed by atoms with E-state index < -0.39 is 0 Å². The fourth-order valence-electron chi connectivity index (χ4n) is 1.98. The minimum absolute atomic E-state index is 0.0550. The number of rotatable bonds is 7. The predicted molar refractivity (Wildman–Crippen MR) is 80.0 cm³/mol. The van der Waals surface area contributed by atoms with Gasteiger partial charge in [0.25, 0.3) is 0 Å². The zero-order valence-corrected chi connectivity index (χ0v) is 13.7. The number of aromatic nitrogens is 2. The molecule has 0 aromatic carbocycles. The Labute approximate surface area is 123 Å². The number of nitrogens with one attached hydrogen (secondary N) is 1. The van der Waals surface area contributed by atoms with Gasteiger partial charge in [0, 0.05) is 19.6 Å². The maximum atomic E-state index is 11.6. The van der Waals surface area contributed by atoms with Crippen LogP contribution in [0.5, 0.6) is 0 Å². The summed E-state index contributed by atoms with van der Waals surface area (Å²) in [7, 11) is 1.94. The molecule has 108 valence electrons. The second-order valence-electron chi connectivity index (χ2n) is 4.50. The quantitative estimate of drug-likeness (QED) is 0.829. The first-order chi connectivity index (χ1) is 9.03. The van der Waals surface area contributed by atoms with Crippen molar-refractivity contribution in [2.24, 2.45) is 0 Å². The van der Waals surface area contributed by atoms with Crippen molar-refractivity contribution in [3.63, 3.8) is 0 Å². The van der Waals surface area contributed by atoms with Crippen molar-refractivity contribution in [1.82, 2.24) is 20.0 Å². The third-order valence-corrected chi connectivity index (χ3v) is 3.82. The Bertz CT molecular complexity index is 431. The highest BCUT2D eigenvalue weighted by atomic mass is 79.9. The topological polar surface area (TPSA) is 50.2 Å². The lowest BCUT2D eigenvalue weighted by atomic mass is 10.3. The molecule has 0 aliphatic rings. The fourth-order valence-corrected chi connectivity index (χ4v) is 2.67. The molecule has 0 bridgehead atoms. The second-order valence-corrected chi connectivity index (χ2v) is 5.30. The van der Waals surface area contributed by atoms with E-state index in [0.717, 1.165) is 28.8 Å². The molecule has 1 amide bonds. The van der Waals surface area contributed by atoms with E-state index in [0.29, 0.717) is 19.6 Å². The summed E-state index contributed by atoms with van der Waals surface area (Å²) in [5.41, 5.74) is 2.20. The van der Waals surface area contributed by atoms with Crippen molar-refractivity contribution in [2.45, 2.75) is 40.3 Å². The summed E-state index contributed by atoms with van der Waals surface area (Å²) < 4.78 is 3.07. The molecule has 1 aromatic heterocycles. The molecule has 0 aliphatic carbocycles. The van der Waals surface area contributed by atoms with Gasteiger partial charge < -0.3 is 5.32 Å². The van der Waals surface area contributed by atoms with Crippen LogP contribution < -0.4 is 5.32 Å². The minimum Gasteiger partial charge on any atom is -0.355 e. The maximum Gasteiger partial charge on any atom is 0.234 e. The summed E-state index contributed by atoms with van der Waals surface area (Å²) in [5, 5.41) is 7.36. The van der Waals surface area contributed by atoms with Crippen LogP contribution in [-0.2, 0) is 24.3 Å². The highest BCUT2D eigenvalue weighted by Gasteiger charge is 2.16. The van der Waals surface area contributed by atoms with E-state index in [1.165, 1.54) is 0 Å². The molecule has 1 N–H and O–H groups in total. The smallest absolute Gasteiger partial charge is 0.234 e. The summed E-state index contributed by atoms with van der Waals surface area (Å²) in [5.74, 6) is 0.0550. The number of aryl methyl sites for hydroxylation is 2. The molecular weight excluding hydrogens is 308 g/mol. The first kappa shape index (κ1) is 16.2. The molecule has 0 saturated carbocycles. The summed E-state index contributed by atoms with van der Waals surface area (Å²) >= 11 is 3.62. The number of nitrogens with zero attached hydrogens (tertiary/aromatic N) is 3. The van der Waals surface area contributed by atoms with Crippen LogP contribution in [0.4, 0.5) is 0 Å².